The molecular formula is C10H19NOS. The van der Waals surface area contributed by atoms with E-state index in [2.05, 4.69) is 19.9 Å². The van der Waals surface area contributed by atoms with Gasteiger partial charge in [0.1, 0.15) is 0 Å². The van der Waals surface area contributed by atoms with Gasteiger partial charge in [0.2, 0.25) is 0 Å². The molecule has 0 N–H and O–H groups in total. The van der Waals surface area contributed by atoms with E-state index < -0.39 is 10.8 Å². The fraction of sp³-hybridized carbons (Fsp3) is 0.900. The minimum Gasteiger partial charge on any atom is -0.260 e. The zero-order chi connectivity index (χ0) is 10.1. The van der Waals surface area contributed by atoms with Crippen molar-refractivity contribution in [3.8, 4) is 6.07 Å². The Labute approximate surface area is 83.8 Å². The van der Waals surface area contributed by atoms with Crippen molar-refractivity contribution in [2.75, 3.05) is 11.5 Å². The highest BCUT2D eigenvalue weighted by Crippen LogP contribution is 2.03. The van der Waals surface area contributed by atoms with Gasteiger partial charge in [0, 0.05) is 28.7 Å². The number of unbranched alkanes of at least 4 members (excludes halogenated alkanes) is 2. The first-order chi connectivity index (χ1) is 6.16. The normalized spacial score (nSPS) is 12.8. The number of rotatable bonds is 7. The molecule has 0 spiro atoms. The quantitative estimate of drug-likeness (QED) is 0.594. The number of nitriles is 1. The Bertz CT molecular complexity index is 184. The van der Waals surface area contributed by atoms with Crippen molar-refractivity contribution >= 4 is 10.8 Å². The summed E-state index contributed by atoms with van der Waals surface area (Å²) in [6.45, 7) is 4.29. The predicted octanol–water partition coefficient (Wildman–Crippen LogP) is 2.48. The Morgan fingerprint density at radius 2 is 2.00 bits per heavy atom. The average molecular weight is 201 g/mol. The maximum absolute atomic E-state index is 11.3. The van der Waals surface area contributed by atoms with Gasteiger partial charge in [-0.3, -0.25) is 4.21 Å². The summed E-state index contributed by atoms with van der Waals surface area (Å²) in [5, 5.41) is 8.28. The minimum absolute atomic E-state index is 0.599. The van der Waals surface area contributed by atoms with E-state index in [-0.39, 0.29) is 0 Å². The van der Waals surface area contributed by atoms with Gasteiger partial charge in [-0.05, 0) is 25.2 Å². The van der Waals surface area contributed by atoms with Gasteiger partial charge in [0.15, 0.2) is 0 Å². The molecule has 0 amide bonds. The maximum atomic E-state index is 11.3. The summed E-state index contributed by atoms with van der Waals surface area (Å²) in [4.78, 5) is 0. The van der Waals surface area contributed by atoms with Gasteiger partial charge in [-0.15, -0.1) is 0 Å². The van der Waals surface area contributed by atoms with E-state index in [1.54, 1.807) is 0 Å². The van der Waals surface area contributed by atoms with Gasteiger partial charge in [-0.25, -0.2) is 0 Å². The van der Waals surface area contributed by atoms with Crippen molar-refractivity contribution in [3.63, 3.8) is 0 Å². The lowest BCUT2D eigenvalue weighted by atomic mass is 10.2. The number of hydrogen-bond donors (Lipinski definition) is 0. The zero-order valence-electron chi connectivity index (χ0n) is 8.58. The van der Waals surface area contributed by atoms with Crippen molar-refractivity contribution in [2.45, 2.75) is 39.5 Å². The molecule has 0 saturated heterocycles. The molecule has 0 rings (SSSR count). The molecule has 2 nitrogen and oxygen atoms in total. The van der Waals surface area contributed by atoms with Crippen molar-refractivity contribution in [1.82, 2.24) is 0 Å². The fourth-order valence-corrected chi connectivity index (χ4v) is 2.40. The smallest absolute Gasteiger partial charge is 0.0621 e. The van der Waals surface area contributed by atoms with Crippen molar-refractivity contribution in [3.05, 3.63) is 0 Å². The van der Waals surface area contributed by atoms with Crippen LogP contribution in [0, 0.1) is 17.2 Å². The van der Waals surface area contributed by atoms with Crippen molar-refractivity contribution in [2.24, 2.45) is 5.92 Å². The average Bonchev–Trinajstić information content (AvgIpc) is 2.09. The first kappa shape index (κ1) is 12.6. The summed E-state index contributed by atoms with van der Waals surface area (Å²) < 4.78 is 11.3. The SMILES string of the molecule is CC(C)CCS(=O)CCCCC#N. The molecule has 0 aliphatic heterocycles. The van der Waals surface area contributed by atoms with Crippen LogP contribution in [-0.4, -0.2) is 15.7 Å². The Morgan fingerprint density at radius 1 is 1.31 bits per heavy atom. The molecule has 0 saturated carbocycles. The predicted molar refractivity (Wildman–Crippen MR) is 56.8 cm³/mol. The topological polar surface area (TPSA) is 40.9 Å². The van der Waals surface area contributed by atoms with Crippen LogP contribution in [0.2, 0.25) is 0 Å². The monoisotopic (exact) mass is 201 g/mol. The standard InChI is InChI=1S/C10H19NOS/c1-10(2)6-9-13(12)8-5-3-4-7-11/h10H,3-6,8-9H2,1-2H3. The van der Waals surface area contributed by atoms with E-state index in [0.717, 1.165) is 30.8 Å². The van der Waals surface area contributed by atoms with Crippen LogP contribution in [-0.2, 0) is 10.8 Å². The van der Waals surface area contributed by atoms with E-state index in [1.165, 1.54) is 0 Å². The highest BCUT2D eigenvalue weighted by molar-refractivity contribution is 7.84. The lowest BCUT2D eigenvalue weighted by molar-refractivity contribution is 0.618. The minimum atomic E-state index is -0.653. The molecular weight excluding hydrogens is 182 g/mol. The molecule has 0 heterocycles. The second kappa shape index (κ2) is 8.25. The first-order valence-electron chi connectivity index (χ1n) is 4.88. The highest BCUT2D eigenvalue weighted by Gasteiger charge is 2.01. The van der Waals surface area contributed by atoms with E-state index in [9.17, 15) is 4.21 Å². The summed E-state index contributed by atoms with van der Waals surface area (Å²) in [5.74, 6) is 2.24. The summed E-state index contributed by atoms with van der Waals surface area (Å²) in [6, 6.07) is 2.09. The third kappa shape index (κ3) is 9.55. The van der Waals surface area contributed by atoms with Gasteiger partial charge in [0.05, 0.1) is 6.07 Å². The number of nitrogens with zero attached hydrogens (tertiary/aromatic N) is 1. The largest absolute Gasteiger partial charge is 0.260 e. The van der Waals surface area contributed by atoms with Gasteiger partial charge in [0.25, 0.3) is 0 Å². The lowest BCUT2D eigenvalue weighted by Gasteiger charge is -2.03. The van der Waals surface area contributed by atoms with Gasteiger partial charge >= 0.3 is 0 Å². The lowest BCUT2D eigenvalue weighted by Crippen LogP contribution is -2.05. The molecule has 0 bridgehead atoms. The van der Waals surface area contributed by atoms with Gasteiger partial charge in [-0.1, -0.05) is 13.8 Å². The fourth-order valence-electron chi connectivity index (χ4n) is 0.936. The van der Waals surface area contributed by atoms with E-state index in [4.69, 9.17) is 5.26 Å². The molecule has 1 unspecified atom stereocenters. The zero-order valence-corrected chi connectivity index (χ0v) is 9.40. The number of hydrogen-bond acceptors (Lipinski definition) is 2. The highest BCUT2D eigenvalue weighted by atomic mass is 32.2. The van der Waals surface area contributed by atoms with Crippen LogP contribution < -0.4 is 0 Å². The maximum Gasteiger partial charge on any atom is 0.0621 e. The Kier molecular flexibility index (Phi) is 8.02. The van der Waals surface area contributed by atoms with Crippen LogP contribution in [0.25, 0.3) is 0 Å². The van der Waals surface area contributed by atoms with E-state index in [1.807, 2.05) is 0 Å². The van der Waals surface area contributed by atoms with Crippen LogP contribution in [0.1, 0.15) is 39.5 Å². The second-order valence-electron chi connectivity index (χ2n) is 3.65. The molecule has 0 aromatic rings. The molecule has 13 heavy (non-hydrogen) atoms. The third-order valence-electron chi connectivity index (χ3n) is 1.83. The van der Waals surface area contributed by atoms with Crippen molar-refractivity contribution < 1.29 is 4.21 Å². The van der Waals surface area contributed by atoms with Gasteiger partial charge in [-0.2, -0.15) is 5.26 Å². The van der Waals surface area contributed by atoms with Crippen LogP contribution in [0.3, 0.4) is 0 Å². The van der Waals surface area contributed by atoms with E-state index in [0.29, 0.717) is 12.3 Å². The Balaban J connectivity index is 3.26. The van der Waals surface area contributed by atoms with Crippen LogP contribution in [0.4, 0.5) is 0 Å². The first-order valence-corrected chi connectivity index (χ1v) is 6.37. The molecule has 0 aliphatic rings. The van der Waals surface area contributed by atoms with Gasteiger partial charge < -0.3 is 0 Å². The molecule has 76 valence electrons. The second-order valence-corrected chi connectivity index (χ2v) is 5.34. The van der Waals surface area contributed by atoms with Crippen LogP contribution in [0.15, 0.2) is 0 Å². The summed E-state index contributed by atoms with van der Waals surface area (Å²) in [6.07, 6.45) is 3.47. The molecule has 0 aromatic heterocycles. The van der Waals surface area contributed by atoms with Crippen LogP contribution >= 0.6 is 0 Å². The summed E-state index contributed by atoms with van der Waals surface area (Å²) in [7, 11) is -0.653. The molecule has 0 fully saturated rings. The molecule has 0 aromatic carbocycles. The van der Waals surface area contributed by atoms with Crippen molar-refractivity contribution in [1.29, 1.82) is 5.26 Å². The molecule has 0 radical (unpaired) electrons. The Morgan fingerprint density at radius 3 is 2.54 bits per heavy atom. The molecule has 0 aliphatic carbocycles. The summed E-state index contributed by atoms with van der Waals surface area (Å²) in [5.41, 5.74) is 0. The molecule has 3 heteroatoms. The van der Waals surface area contributed by atoms with E-state index >= 15 is 0 Å². The molecule has 1 atom stereocenters. The Hall–Kier alpha value is -0.360. The summed E-state index contributed by atoms with van der Waals surface area (Å²) >= 11 is 0. The van der Waals surface area contributed by atoms with Crippen LogP contribution in [0.5, 0.6) is 0 Å². The third-order valence-corrected chi connectivity index (χ3v) is 3.27.